The van der Waals surface area contributed by atoms with E-state index in [4.69, 9.17) is 4.98 Å². The van der Waals surface area contributed by atoms with Crippen LogP contribution in [0, 0.1) is 0 Å². The van der Waals surface area contributed by atoms with Gasteiger partial charge in [0, 0.05) is 36.5 Å². The van der Waals surface area contributed by atoms with E-state index in [2.05, 4.69) is 141 Å². The molecule has 6 aromatic carbocycles. The van der Waals surface area contributed by atoms with E-state index in [9.17, 15) is 0 Å². The quantitative estimate of drug-likeness (QED) is 0.201. The van der Waals surface area contributed by atoms with Crippen LogP contribution < -0.4 is 0 Å². The molecule has 1 nitrogen and oxygen atoms in total. The molecule has 0 unspecified atom stereocenters. The molecular weight excluding hydrogens is 551 g/mol. The molecule has 0 saturated carbocycles. The van der Waals surface area contributed by atoms with Crippen LogP contribution in [0.1, 0.15) is 37.8 Å². The van der Waals surface area contributed by atoms with Crippen molar-refractivity contribution in [2.24, 2.45) is 0 Å². The average Bonchev–Trinajstić information content (AvgIpc) is 3.62. The second-order valence-corrected chi connectivity index (χ2v) is 13.2. The summed E-state index contributed by atoms with van der Waals surface area (Å²) in [6.45, 7) is 4.68. The predicted octanol–water partition coefficient (Wildman–Crippen LogP) is 12.2. The van der Waals surface area contributed by atoms with Crippen LogP contribution in [0.4, 0.5) is 0 Å². The molecule has 1 aliphatic rings. The number of pyridine rings is 1. The highest BCUT2D eigenvalue weighted by Gasteiger charge is 2.40. The Morgan fingerprint density at radius 3 is 2.14 bits per heavy atom. The lowest BCUT2D eigenvalue weighted by atomic mass is 9.73. The van der Waals surface area contributed by atoms with Gasteiger partial charge in [-0.25, -0.2) is 4.98 Å². The summed E-state index contributed by atoms with van der Waals surface area (Å²) in [5, 5.41) is 6.35. The first-order valence-corrected chi connectivity index (χ1v) is 16.5. The molecule has 0 atom stereocenters. The van der Waals surface area contributed by atoms with Gasteiger partial charge in [0.15, 0.2) is 0 Å². The third kappa shape index (κ3) is 3.49. The summed E-state index contributed by atoms with van der Waals surface area (Å²) in [5.41, 5.74) is 11.4. The van der Waals surface area contributed by atoms with Gasteiger partial charge in [-0.05, 0) is 81.3 Å². The fourth-order valence-electron chi connectivity index (χ4n) is 7.94. The van der Waals surface area contributed by atoms with Crippen LogP contribution in [0.25, 0.3) is 75.4 Å². The summed E-state index contributed by atoms with van der Waals surface area (Å²) < 4.78 is 2.60. The largest absolute Gasteiger partial charge is 0.247 e. The second kappa shape index (κ2) is 9.61. The molecule has 0 bridgehead atoms. The van der Waals surface area contributed by atoms with Crippen LogP contribution in [-0.4, -0.2) is 4.98 Å². The van der Waals surface area contributed by atoms with Crippen LogP contribution in [-0.2, 0) is 5.41 Å². The molecule has 0 spiro atoms. The third-order valence-electron chi connectivity index (χ3n) is 10.2. The lowest BCUT2D eigenvalue weighted by Gasteiger charge is -2.30. The van der Waals surface area contributed by atoms with E-state index in [-0.39, 0.29) is 5.41 Å². The highest BCUT2D eigenvalue weighted by molar-refractivity contribution is 7.26. The Kier molecular flexibility index (Phi) is 5.61. The van der Waals surface area contributed by atoms with Gasteiger partial charge in [-0.15, -0.1) is 11.3 Å². The summed E-state index contributed by atoms with van der Waals surface area (Å²) >= 11 is 1.87. The van der Waals surface area contributed by atoms with Gasteiger partial charge >= 0.3 is 0 Å². The molecule has 0 saturated heterocycles. The molecular formula is C42H31NS. The monoisotopic (exact) mass is 581 g/mol. The SMILES string of the molecule is CCC1(CC)c2ccccc2-c2ccc(-c3cc(-c4ccccc4)c4ccc5sc6ccc7ccccc7c6c5c4n3)cc21. The smallest absolute Gasteiger partial charge is 0.0809 e. The van der Waals surface area contributed by atoms with Crippen LogP contribution in [0.15, 0.2) is 127 Å². The van der Waals surface area contributed by atoms with Crippen LogP contribution >= 0.6 is 11.3 Å². The number of thiophene rings is 1. The van der Waals surface area contributed by atoms with Crippen molar-refractivity contribution in [2.45, 2.75) is 32.1 Å². The van der Waals surface area contributed by atoms with Gasteiger partial charge in [0.25, 0.3) is 0 Å². The van der Waals surface area contributed by atoms with E-state index in [0.29, 0.717) is 0 Å². The molecule has 2 aromatic heterocycles. The number of benzene rings is 6. The molecule has 2 heteroatoms. The Morgan fingerprint density at radius 2 is 1.27 bits per heavy atom. The third-order valence-corrected chi connectivity index (χ3v) is 11.3. The minimum absolute atomic E-state index is 0.0246. The van der Waals surface area contributed by atoms with Crippen molar-refractivity contribution in [1.29, 1.82) is 0 Å². The maximum atomic E-state index is 5.57. The van der Waals surface area contributed by atoms with Crippen LogP contribution in [0.2, 0.25) is 0 Å². The zero-order chi connectivity index (χ0) is 29.4. The zero-order valence-corrected chi connectivity index (χ0v) is 25.7. The van der Waals surface area contributed by atoms with Gasteiger partial charge in [0.2, 0.25) is 0 Å². The van der Waals surface area contributed by atoms with Gasteiger partial charge < -0.3 is 0 Å². The van der Waals surface area contributed by atoms with Crippen LogP contribution in [0.5, 0.6) is 0 Å². The summed E-state index contributed by atoms with van der Waals surface area (Å²) in [7, 11) is 0. The normalized spacial score (nSPS) is 13.6. The number of hydrogen-bond donors (Lipinski definition) is 0. The number of hydrogen-bond acceptors (Lipinski definition) is 2. The first-order chi connectivity index (χ1) is 21.7. The van der Waals surface area contributed by atoms with Gasteiger partial charge in [-0.2, -0.15) is 0 Å². The van der Waals surface area contributed by atoms with Crippen molar-refractivity contribution < 1.29 is 0 Å². The van der Waals surface area contributed by atoms with E-state index < -0.39 is 0 Å². The molecule has 0 N–H and O–H groups in total. The Labute approximate surface area is 261 Å². The molecule has 0 aliphatic heterocycles. The maximum absolute atomic E-state index is 5.57. The summed E-state index contributed by atoms with van der Waals surface area (Å²) in [4.78, 5) is 5.57. The van der Waals surface area contributed by atoms with E-state index in [1.807, 2.05) is 11.3 Å². The van der Waals surface area contributed by atoms with Gasteiger partial charge in [-0.3, -0.25) is 0 Å². The number of rotatable bonds is 4. The minimum Gasteiger partial charge on any atom is -0.247 e. The Balaban J connectivity index is 1.38. The summed E-state index contributed by atoms with van der Waals surface area (Å²) in [5.74, 6) is 0. The van der Waals surface area contributed by atoms with Gasteiger partial charge in [0.1, 0.15) is 0 Å². The molecule has 8 aromatic rings. The number of nitrogens with zero attached hydrogens (tertiary/aromatic N) is 1. The minimum atomic E-state index is 0.0246. The van der Waals surface area contributed by atoms with Crippen molar-refractivity contribution in [3.8, 4) is 33.5 Å². The average molecular weight is 582 g/mol. The molecule has 210 valence electrons. The highest BCUT2D eigenvalue weighted by Crippen LogP contribution is 2.53. The molecule has 0 amide bonds. The highest BCUT2D eigenvalue weighted by atomic mass is 32.1. The fourth-order valence-corrected chi connectivity index (χ4v) is 9.07. The van der Waals surface area contributed by atoms with Crippen molar-refractivity contribution in [3.05, 3.63) is 139 Å². The molecule has 2 heterocycles. The van der Waals surface area contributed by atoms with E-state index in [1.54, 1.807) is 0 Å². The van der Waals surface area contributed by atoms with E-state index in [1.165, 1.54) is 75.3 Å². The summed E-state index contributed by atoms with van der Waals surface area (Å²) in [6.07, 6.45) is 2.15. The van der Waals surface area contributed by atoms with Gasteiger partial charge in [-0.1, -0.05) is 117 Å². The first-order valence-electron chi connectivity index (χ1n) is 15.7. The van der Waals surface area contributed by atoms with E-state index >= 15 is 0 Å². The zero-order valence-electron chi connectivity index (χ0n) is 24.9. The van der Waals surface area contributed by atoms with Crippen molar-refractivity contribution >= 4 is 53.2 Å². The number of fused-ring (bicyclic) bond motifs is 10. The molecule has 0 radical (unpaired) electrons. The Morgan fingerprint density at radius 1 is 0.545 bits per heavy atom. The standard InChI is InChI=1S/C42H31NS/c1-3-42(4-2)34-17-11-10-16-30(34)31-20-18-28(24-35(31)42)36-25-33(26-12-6-5-7-13-26)32-21-23-38-40(41(32)43-36)39-29-15-9-8-14-27(29)19-22-37(39)44-38/h5-25H,3-4H2,1-2H3. The predicted molar refractivity (Wildman–Crippen MR) is 190 cm³/mol. The lowest BCUT2D eigenvalue weighted by molar-refractivity contribution is 0.490. The van der Waals surface area contributed by atoms with Crippen LogP contribution in [0.3, 0.4) is 0 Å². The topological polar surface area (TPSA) is 12.9 Å². The number of aromatic nitrogens is 1. The fraction of sp³-hybridized carbons (Fsp3) is 0.119. The molecule has 1 aliphatic carbocycles. The van der Waals surface area contributed by atoms with E-state index in [0.717, 1.165) is 24.1 Å². The molecule has 9 rings (SSSR count). The first kappa shape index (κ1) is 25.7. The van der Waals surface area contributed by atoms with Gasteiger partial charge in [0.05, 0.1) is 11.2 Å². The Hall–Kier alpha value is -4.79. The van der Waals surface area contributed by atoms with Crippen molar-refractivity contribution in [2.75, 3.05) is 0 Å². The molecule has 44 heavy (non-hydrogen) atoms. The Bertz CT molecular complexity index is 2410. The maximum Gasteiger partial charge on any atom is 0.0809 e. The van der Waals surface area contributed by atoms with Crippen molar-refractivity contribution in [1.82, 2.24) is 4.98 Å². The second-order valence-electron chi connectivity index (χ2n) is 12.1. The summed E-state index contributed by atoms with van der Waals surface area (Å²) in [6, 6.07) is 47.1. The lowest BCUT2D eigenvalue weighted by Crippen LogP contribution is -2.23. The molecule has 0 fully saturated rings. The van der Waals surface area contributed by atoms with Crippen molar-refractivity contribution in [3.63, 3.8) is 0 Å².